The van der Waals surface area contributed by atoms with Crippen molar-refractivity contribution in [2.24, 2.45) is 0 Å². The van der Waals surface area contributed by atoms with Gasteiger partial charge in [-0.3, -0.25) is 0 Å². The Hall–Kier alpha value is -1.80. The Morgan fingerprint density at radius 3 is 1.50 bits per heavy atom. The van der Waals surface area contributed by atoms with Gasteiger partial charge in [-0.15, -0.1) is 0 Å². The summed E-state index contributed by atoms with van der Waals surface area (Å²) in [6.45, 7) is 3.66. The van der Waals surface area contributed by atoms with E-state index in [1.807, 2.05) is 13.8 Å². The Morgan fingerprint density at radius 1 is 0.857 bits per heavy atom. The van der Waals surface area contributed by atoms with Gasteiger partial charge in [0, 0.05) is 12.2 Å². The summed E-state index contributed by atoms with van der Waals surface area (Å²) in [6, 6.07) is 0. The highest BCUT2D eigenvalue weighted by Crippen LogP contribution is 1.89. The summed E-state index contributed by atoms with van der Waals surface area (Å²) in [7, 11) is 3.20. The van der Waals surface area contributed by atoms with Crippen LogP contribution in [0.2, 0.25) is 0 Å². The molecule has 2 nitrogen and oxygen atoms in total. The molecule has 0 aromatic carbocycles. The second kappa shape index (κ2) is 7.83. The lowest BCUT2D eigenvalue weighted by molar-refractivity contribution is 0.294. The van der Waals surface area contributed by atoms with Crippen LogP contribution in [0.15, 0.2) is 23.7 Å². The standard InChI is InChI=1S/C12H14O2/c1-11(13-3)9-7-5-6-8-10-12(2)14-4/h9-10H,1-4H3. The molecule has 0 saturated carbocycles. The predicted molar refractivity (Wildman–Crippen MR) is 57.1 cm³/mol. The number of hydrogen-bond acceptors (Lipinski definition) is 2. The van der Waals surface area contributed by atoms with Gasteiger partial charge in [0.2, 0.25) is 0 Å². The topological polar surface area (TPSA) is 18.5 Å². The van der Waals surface area contributed by atoms with E-state index in [9.17, 15) is 0 Å². The molecule has 74 valence electrons. The van der Waals surface area contributed by atoms with E-state index in [2.05, 4.69) is 23.7 Å². The summed E-state index contributed by atoms with van der Waals surface area (Å²) in [5, 5.41) is 0. The molecule has 14 heavy (non-hydrogen) atoms. The van der Waals surface area contributed by atoms with Crippen LogP contribution >= 0.6 is 0 Å². The lowest BCUT2D eigenvalue weighted by Gasteiger charge is -1.91. The van der Waals surface area contributed by atoms with Crippen LogP contribution < -0.4 is 0 Å². The van der Waals surface area contributed by atoms with Crippen LogP contribution in [-0.2, 0) is 9.47 Å². The predicted octanol–water partition coefficient (Wildman–Crippen LogP) is 2.09. The van der Waals surface area contributed by atoms with Crippen LogP contribution in [0.25, 0.3) is 0 Å². The summed E-state index contributed by atoms with van der Waals surface area (Å²) in [4.78, 5) is 0. The molecular formula is C12H14O2. The lowest BCUT2D eigenvalue weighted by Crippen LogP contribution is -1.76. The molecule has 0 aromatic rings. The molecule has 0 aliphatic rings. The molecule has 0 atom stereocenters. The van der Waals surface area contributed by atoms with Gasteiger partial charge in [-0.25, -0.2) is 0 Å². The van der Waals surface area contributed by atoms with Crippen LogP contribution in [0.3, 0.4) is 0 Å². The number of ether oxygens (including phenoxy) is 2. The highest BCUT2D eigenvalue weighted by molar-refractivity contribution is 5.34. The maximum Gasteiger partial charge on any atom is 0.101 e. The average molecular weight is 190 g/mol. The van der Waals surface area contributed by atoms with E-state index in [0.29, 0.717) is 0 Å². The van der Waals surface area contributed by atoms with Crippen LogP contribution in [0, 0.1) is 23.7 Å². The lowest BCUT2D eigenvalue weighted by atomic mass is 10.4. The van der Waals surface area contributed by atoms with Gasteiger partial charge in [-0.05, 0) is 25.7 Å². The SMILES string of the molecule is COC(C)=CC#CC#CC=C(C)OC. The highest BCUT2D eigenvalue weighted by Gasteiger charge is 1.77. The van der Waals surface area contributed by atoms with Crippen molar-refractivity contribution < 1.29 is 9.47 Å². The van der Waals surface area contributed by atoms with E-state index in [-0.39, 0.29) is 0 Å². The highest BCUT2D eigenvalue weighted by atomic mass is 16.5. The Kier molecular flexibility index (Phi) is 6.82. The van der Waals surface area contributed by atoms with E-state index in [1.165, 1.54) is 0 Å². The van der Waals surface area contributed by atoms with Gasteiger partial charge in [0.1, 0.15) is 11.5 Å². The molecule has 0 aliphatic heterocycles. The summed E-state index contributed by atoms with van der Waals surface area (Å²) in [5.74, 6) is 12.4. The maximum atomic E-state index is 4.89. The molecule has 2 heteroatoms. The van der Waals surface area contributed by atoms with Crippen molar-refractivity contribution in [1.29, 1.82) is 0 Å². The molecule has 0 fully saturated rings. The van der Waals surface area contributed by atoms with Gasteiger partial charge in [-0.2, -0.15) is 0 Å². The Bertz CT molecular complexity index is 304. The van der Waals surface area contributed by atoms with Crippen molar-refractivity contribution in [2.45, 2.75) is 13.8 Å². The van der Waals surface area contributed by atoms with E-state index >= 15 is 0 Å². The molecule has 0 amide bonds. The second-order valence-electron chi connectivity index (χ2n) is 2.46. The smallest absolute Gasteiger partial charge is 0.101 e. The largest absolute Gasteiger partial charge is 0.501 e. The number of hydrogen-bond donors (Lipinski definition) is 0. The first-order valence-corrected chi connectivity index (χ1v) is 4.13. The molecule has 0 N–H and O–H groups in total. The van der Waals surface area contributed by atoms with Gasteiger partial charge >= 0.3 is 0 Å². The Balaban J connectivity index is 4.16. The fraction of sp³-hybridized carbons (Fsp3) is 0.333. The molecule has 0 aliphatic carbocycles. The van der Waals surface area contributed by atoms with Crippen molar-refractivity contribution in [3.63, 3.8) is 0 Å². The van der Waals surface area contributed by atoms with Crippen molar-refractivity contribution in [3.05, 3.63) is 23.7 Å². The molecule has 0 bridgehead atoms. The van der Waals surface area contributed by atoms with E-state index < -0.39 is 0 Å². The first-order chi connectivity index (χ1) is 6.70. The van der Waals surface area contributed by atoms with Crippen molar-refractivity contribution in [2.75, 3.05) is 14.2 Å². The summed E-state index contributed by atoms with van der Waals surface area (Å²) in [5.41, 5.74) is 0. The van der Waals surface area contributed by atoms with Gasteiger partial charge in [-0.1, -0.05) is 11.8 Å². The van der Waals surface area contributed by atoms with Crippen molar-refractivity contribution in [1.82, 2.24) is 0 Å². The minimum atomic E-state index is 0.767. The summed E-state index contributed by atoms with van der Waals surface area (Å²) >= 11 is 0. The van der Waals surface area contributed by atoms with Gasteiger partial charge in [0.25, 0.3) is 0 Å². The second-order valence-corrected chi connectivity index (χ2v) is 2.46. The molecule has 0 saturated heterocycles. The minimum absolute atomic E-state index is 0.767. The van der Waals surface area contributed by atoms with E-state index in [0.717, 1.165) is 11.5 Å². The molecule has 0 heterocycles. The molecule has 0 radical (unpaired) electrons. The zero-order valence-corrected chi connectivity index (χ0v) is 8.97. The molecule has 0 unspecified atom stereocenters. The molecule has 0 spiro atoms. The van der Waals surface area contributed by atoms with E-state index in [4.69, 9.17) is 9.47 Å². The fourth-order valence-corrected chi connectivity index (χ4v) is 0.465. The van der Waals surface area contributed by atoms with Crippen LogP contribution in [0.5, 0.6) is 0 Å². The third-order valence-electron chi connectivity index (χ3n) is 1.40. The van der Waals surface area contributed by atoms with Gasteiger partial charge < -0.3 is 9.47 Å². The zero-order valence-electron chi connectivity index (χ0n) is 8.97. The van der Waals surface area contributed by atoms with Gasteiger partial charge in [0.15, 0.2) is 0 Å². The minimum Gasteiger partial charge on any atom is -0.501 e. The van der Waals surface area contributed by atoms with Crippen molar-refractivity contribution >= 4 is 0 Å². The molecule has 0 aromatic heterocycles. The summed E-state index contributed by atoms with van der Waals surface area (Å²) in [6.07, 6.45) is 3.34. The Labute approximate surface area is 85.6 Å². The zero-order chi connectivity index (χ0) is 10.8. The van der Waals surface area contributed by atoms with Crippen molar-refractivity contribution in [3.8, 4) is 23.7 Å². The van der Waals surface area contributed by atoms with Crippen LogP contribution in [0.1, 0.15) is 13.8 Å². The number of allylic oxidation sites excluding steroid dienone is 4. The average Bonchev–Trinajstić information content (AvgIpc) is 2.22. The monoisotopic (exact) mass is 190 g/mol. The van der Waals surface area contributed by atoms with Gasteiger partial charge in [0.05, 0.1) is 14.2 Å². The molecular weight excluding hydrogens is 176 g/mol. The van der Waals surface area contributed by atoms with E-state index in [1.54, 1.807) is 26.4 Å². The fourth-order valence-electron chi connectivity index (χ4n) is 0.465. The normalized spacial score (nSPS) is 10.6. The Morgan fingerprint density at radius 2 is 1.21 bits per heavy atom. The number of rotatable bonds is 2. The summed E-state index contributed by atoms with van der Waals surface area (Å²) < 4.78 is 9.78. The first kappa shape index (κ1) is 12.2. The third-order valence-corrected chi connectivity index (χ3v) is 1.40. The number of methoxy groups -OCH3 is 2. The maximum absolute atomic E-state index is 4.89. The first-order valence-electron chi connectivity index (χ1n) is 4.13. The molecule has 0 rings (SSSR count). The third kappa shape index (κ3) is 6.88. The van der Waals surface area contributed by atoms with Crippen LogP contribution in [0.4, 0.5) is 0 Å². The quantitative estimate of drug-likeness (QED) is 0.490. The van der Waals surface area contributed by atoms with Crippen LogP contribution in [-0.4, -0.2) is 14.2 Å².